The Bertz CT molecular complexity index is 486. The van der Waals surface area contributed by atoms with Gasteiger partial charge in [0.25, 0.3) is 5.89 Å². The fourth-order valence-electron chi connectivity index (χ4n) is 1.11. The number of aromatic nitrogens is 2. The maximum absolute atomic E-state index is 13.4. The molecule has 4 nitrogen and oxygen atoms in total. The fraction of sp³-hybridized carbons (Fsp3) is 0.111. The summed E-state index contributed by atoms with van der Waals surface area (Å²) in [6.07, 6.45) is 0. The van der Waals surface area contributed by atoms with Gasteiger partial charge in [-0.25, -0.2) is 4.39 Å². The molecule has 2 rings (SSSR count). The normalized spacial score (nSPS) is 10.6. The molecule has 0 amide bonds. The molecule has 0 radical (unpaired) electrons. The Balaban J connectivity index is 2.48. The van der Waals surface area contributed by atoms with Gasteiger partial charge in [0.05, 0.1) is 12.1 Å². The smallest absolute Gasteiger partial charge is 0.260 e. The van der Waals surface area contributed by atoms with Crippen LogP contribution in [0.1, 0.15) is 5.82 Å². The largest absolute Gasteiger partial charge is 0.334 e. The average Bonchev–Trinajstić information content (AvgIpc) is 2.70. The van der Waals surface area contributed by atoms with Crippen molar-refractivity contribution < 1.29 is 8.91 Å². The third-order valence-corrected chi connectivity index (χ3v) is 2.04. The average molecular weight is 228 g/mol. The summed E-state index contributed by atoms with van der Waals surface area (Å²) >= 11 is 5.73. The van der Waals surface area contributed by atoms with Gasteiger partial charge in [-0.1, -0.05) is 16.8 Å². The Morgan fingerprint density at radius 1 is 1.47 bits per heavy atom. The molecule has 0 aliphatic carbocycles. The lowest BCUT2D eigenvalue weighted by Gasteiger charge is -1.96. The van der Waals surface area contributed by atoms with E-state index in [9.17, 15) is 4.39 Å². The van der Waals surface area contributed by atoms with Crippen molar-refractivity contribution in [2.75, 3.05) is 0 Å². The van der Waals surface area contributed by atoms with Crippen LogP contribution in [-0.2, 0) is 6.54 Å². The number of benzene rings is 1. The van der Waals surface area contributed by atoms with Gasteiger partial charge < -0.3 is 10.3 Å². The number of hydrogen-bond acceptors (Lipinski definition) is 4. The summed E-state index contributed by atoms with van der Waals surface area (Å²) in [7, 11) is 0. The molecule has 0 unspecified atom stereocenters. The zero-order valence-electron chi connectivity index (χ0n) is 7.58. The quantitative estimate of drug-likeness (QED) is 0.852. The second-order valence-corrected chi connectivity index (χ2v) is 3.28. The van der Waals surface area contributed by atoms with E-state index < -0.39 is 5.82 Å². The Morgan fingerprint density at radius 2 is 2.27 bits per heavy atom. The summed E-state index contributed by atoms with van der Waals surface area (Å²) in [5.41, 5.74) is 5.48. The van der Waals surface area contributed by atoms with Crippen molar-refractivity contribution >= 4 is 11.6 Å². The molecule has 0 bridgehead atoms. The van der Waals surface area contributed by atoms with Crippen LogP contribution in [-0.4, -0.2) is 10.1 Å². The van der Waals surface area contributed by atoms with Crippen molar-refractivity contribution in [2.24, 2.45) is 5.73 Å². The van der Waals surface area contributed by atoms with Crippen molar-refractivity contribution in [2.45, 2.75) is 6.54 Å². The van der Waals surface area contributed by atoms with Gasteiger partial charge in [0.2, 0.25) is 0 Å². The van der Waals surface area contributed by atoms with Gasteiger partial charge in [0.15, 0.2) is 5.82 Å². The van der Waals surface area contributed by atoms with Crippen LogP contribution in [0.4, 0.5) is 4.39 Å². The molecular weight excluding hydrogens is 221 g/mol. The first-order valence-corrected chi connectivity index (χ1v) is 4.56. The molecule has 1 heterocycles. The van der Waals surface area contributed by atoms with E-state index in [1.165, 1.54) is 18.2 Å². The van der Waals surface area contributed by atoms with E-state index in [2.05, 4.69) is 10.1 Å². The second-order valence-electron chi connectivity index (χ2n) is 2.84. The van der Waals surface area contributed by atoms with Gasteiger partial charge in [-0.15, -0.1) is 0 Å². The van der Waals surface area contributed by atoms with Crippen LogP contribution in [0.5, 0.6) is 0 Å². The fourth-order valence-corrected chi connectivity index (χ4v) is 1.28. The minimum absolute atomic E-state index is 0.0791. The van der Waals surface area contributed by atoms with Crippen LogP contribution in [0.2, 0.25) is 5.02 Å². The summed E-state index contributed by atoms with van der Waals surface area (Å²) < 4.78 is 18.2. The molecule has 1 aromatic heterocycles. The third kappa shape index (κ3) is 1.98. The molecular formula is C9H7ClFN3O. The molecule has 78 valence electrons. The lowest BCUT2D eigenvalue weighted by molar-refractivity contribution is 0.420. The van der Waals surface area contributed by atoms with Crippen LogP contribution in [0.25, 0.3) is 11.5 Å². The summed E-state index contributed by atoms with van der Waals surface area (Å²) in [5.74, 6) is -0.0635. The van der Waals surface area contributed by atoms with Crippen LogP contribution in [0, 0.1) is 5.82 Å². The molecule has 2 N–H and O–H groups in total. The Labute approximate surface area is 89.8 Å². The SMILES string of the molecule is NCc1noc(-c2cc(Cl)ccc2F)n1. The maximum atomic E-state index is 13.4. The predicted molar refractivity (Wildman–Crippen MR) is 52.6 cm³/mol. The zero-order valence-corrected chi connectivity index (χ0v) is 8.33. The molecule has 1 aromatic carbocycles. The van der Waals surface area contributed by atoms with Crippen LogP contribution in [0.3, 0.4) is 0 Å². The first kappa shape index (κ1) is 10.1. The first-order valence-electron chi connectivity index (χ1n) is 4.19. The number of halogens is 2. The summed E-state index contributed by atoms with van der Waals surface area (Å²) in [6.45, 7) is 0.145. The van der Waals surface area contributed by atoms with E-state index in [-0.39, 0.29) is 18.0 Å². The molecule has 15 heavy (non-hydrogen) atoms. The highest BCUT2D eigenvalue weighted by molar-refractivity contribution is 6.30. The summed E-state index contributed by atoms with van der Waals surface area (Å²) in [6, 6.07) is 4.11. The standard InChI is InChI=1S/C9H7ClFN3O/c10-5-1-2-7(11)6(3-5)9-13-8(4-12)14-15-9/h1-3H,4,12H2. The minimum atomic E-state index is -0.466. The molecule has 0 aliphatic heterocycles. The van der Waals surface area contributed by atoms with E-state index >= 15 is 0 Å². The van der Waals surface area contributed by atoms with Crippen molar-refractivity contribution in [3.63, 3.8) is 0 Å². The molecule has 0 atom stereocenters. The van der Waals surface area contributed by atoms with Gasteiger partial charge in [0.1, 0.15) is 5.82 Å². The molecule has 0 saturated heterocycles. The van der Waals surface area contributed by atoms with E-state index in [0.29, 0.717) is 10.8 Å². The minimum Gasteiger partial charge on any atom is -0.334 e. The van der Waals surface area contributed by atoms with Crippen molar-refractivity contribution in [1.29, 1.82) is 0 Å². The molecule has 0 aliphatic rings. The zero-order chi connectivity index (χ0) is 10.8. The number of hydrogen-bond donors (Lipinski definition) is 1. The Kier molecular flexibility index (Phi) is 2.66. The van der Waals surface area contributed by atoms with Crippen LogP contribution >= 0.6 is 11.6 Å². The molecule has 0 fully saturated rings. The Hall–Kier alpha value is -1.46. The number of nitrogens with two attached hydrogens (primary N) is 1. The molecule has 0 spiro atoms. The highest BCUT2D eigenvalue weighted by Gasteiger charge is 2.12. The lowest BCUT2D eigenvalue weighted by Crippen LogP contribution is -1.97. The first-order chi connectivity index (χ1) is 7.20. The summed E-state index contributed by atoms with van der Waals surface area (Å²) in [4.78, 5) is 3.90. The van der Waals surface area contributed by atoms with E-state index in [1.54, 1.807) is 0 Å². The van der Waals surface area contributed by atoms with E-state index in [1.807, 2.05) is 0 Å². The highest BCUT2D eigenvalue weighted by Crippen LogP contribution is 2.24. The van der Waals surface area contributed by atoms with E-state index in [0.717, 1.165) is 0 Å². The van der Waals surface area contributed by atoms with E-state index in [4.69, 9.17) is 21.9 Å². The van der Waals surface area contributed by atoms with Gasteiger partial charge in [-0.2, -0.15) is 4.98 Å². The third-order valence-electron chi connectivity index (χ3n) is 1.81. The predicted octanol–water partition coefficient (Wildman–Crippen LogP) is 1.99. The van der Waals surface area contributed by atoms with Gasteiger partial charge in [-0.3, -0.25) is 0 Å². The number of nitrogens with zero attached hydrogens (tertiary/aromatic N) is 2. The molecule has 0 saturated carbocycles. The van der Waals surface area contributed by atoms with Crippen molar-refractivity contribution in [1.82, 2.24) is 10.1 Å². The second kappa shape index (κ2) is 3.96. The van der Waals surface area contributed by atoms with Gasteiger partial charge >= 0.3 is 0 Å². The van der Waals surface area contributed by atoms with Crippen LogP contribution < -0.4 is 5.73 Å². The Morgan fingerprint density at radius 3 is 2.93 bits per heavy atom. The molecule has 6 heteroatoms. The monoisotopic (exact) mass is 227 g/mol. The highest BCUT2D eigenvalue weighted by atomic mass is 35.5. The summed E-state index contributed by atoms with van der Waals surface area (Å²) in [5, 5.41) is 3.96. The van der Waals surface area contributed by atoms with Crippen LogP contribution in [0.15, 0.2) is 22.7 Å². The van der Waals surface area contributed by atoms with Gasteiger partial charge in [-0.05, 0) is 18.2 Å². The molecule has 2 aromatic rings. The van der Waals surface area contributed by atoms with Gasteiger partial charge in [0, 0.05) is 5.02 Å². The number of rotatable bonds is 2. The topological polar surface area (TPSA) is 64.9 Å². The maximum Gasteiger partial charge on any atom is 0.260 e. The van der Waals surface area contributed by atoms with Crippen molar-refractivity contribution in [3.8, 4) is 11.5 Å². The van der Waals surface area contributed by atoms with Crippen molar-refractivity contribution in [3.05, 3.63) is 34.9 Å². The lowest BCUT2D eigenvalue weighted by atomic mass is 10.2.